The Kier molecular flexibility index (Phi) is 8.81. The van der Waals surface area contributed by atoms with Crippen LogP contribution in [0.5, 0.6) is 0 Å². The Labute approximate surface area is 111 Å². The number of aliphatic hydroxyl groups is 6. The average Bonchev–Trinajstić information content (AvgIpc) is 2.43. The van der Waals surface area contributed by atoms with E-state index in [2.05, 4.69) is 5.32 Å². The minimum atomic E-state index is -1.97. The van der Waals surface area contributed by atoms with Crippen molar-refractivity contribution >= 4 is 5.91 Å². The van der Waals surface area contributed by atoms with Crippen LogP contribution >= 0.6 is 0 Å². The first-order valence-corrected chi connectivity index (χ1v) is 6.15. The highest BCUT2D eigenvalue weighted by Crippen LogP contribution is 2.08. The van der Waals surface area contributed by atoms with Crippen molar-refractivity contribution in [1.29, 1.82) is 0 Å². The van der Waals surface area contributed by atoms with E-state index in [0.29, 0.717) is 13.0 Å². The number of carbonyl (C=O) groups excluding carboxylic acids is 1. The number of rotatable bonds is 9. The molecular weight excluding hydrogens is 258 g/mol. The minimum absolute atomic E-state index is 0.316. The number of hydrogen-bond acceptors (Lipinski definition) is 7. The molecule has 0 fully saturated rings. The second-order valence-corrected chi connectivity index (χ2v) is 4.31. The minimum Gasteiger partial charge on any atom is -0.394 e. The van der Waals surface area contributed by atoms with Crippen molar-refractivity contribution in [2.75, 3.05) is 13.2 Å². The van der Waals surface area contributed by atoms with Crippen molar-refractivity contribution in [1.82, 2.24) is 5.32 Å². The number of aliphatic hydroxyl groups excluding tert-OH is 6. The van der Waals surface area contributed by atoms with Gasteiger partial charge in [0.25, 0.3) is 5.91 Å². The van der Waals surface area contributed by atoms with Gasteiger partial charge in [-0.3, -0.25) is 4.79 Å². The van der Waals surface area contributed by atoms with Gasteiger partial charge >= 0.3 is 0 Å². The van der Waals surface area contributed by atoms with Gasteiger partial charge in [-0.05, 0) is 6.42 Å². The van der Waals surface area contributed by atoms with E-state index in [0.717, 1.165) is 6.42 Å². The van der Waals surface area contributed by atoms with Crippen molar-refractivity contribution in [2.45, 2.75) is 50.3 Å². The van der Waals surface area contributed by atoms with E-state index in [4.69, 9.17) is 10.2 Å². The van der Waals surface area contributed by atoms with Crippen molar-refractivity contribution in [2.24, 2.45) is 0 Å². The quantitative estimate of drug-likeness (QED) is 0.219. The second kappa shape index (κ2) is 9.18. The Hall–Kier alpha value is -0.770. The van der Waals surface area contributed by atoms with E-state index in [-0.39, 0.29) is 0 Å². The van der Waals surface area contributed by atoms with Gasteiger partial charge in [0, 0.05) is 6.54 Å². The summed E-state index contributed by atoms with van der Waals surface area (Å²) in [5, 5.41) is 57.8. The van der Waals surface area contributed by atoms with E-state index in [1.807, 2.05) is 6.92 Å². The van der Waals surface area contributed by atoms with Gasteiger partial charge in [-0.25, -0.2) is 0 Å². The normalized spacial score (nSPS) is 19.3. The zero-order valence-electron chi connectivity index (χ0n) is 10.8. The third-order valence-electron chi connectivity index (χ3n) is 2.70. The summed E-state index contributed by atoms with van der Waals surface area (Å²) in [5.41, 5.74) is 0. The average molecular weight is 281 g/mol. The molecule has 0 aliphatic rings. The van der Waals surface area contributed by atoms with Crippen LogP contribution in [0.2, 0.25) is 0 Å². The maximum Gasteiger partial charge on any atom is 0.251 e. The number of hydrogen-bond donors (Lipinski definition) is 7. The van der Waals surface area contributed by atoms with Gasteiger partial charge in [-0.2, -0.15) is 0 Å². The second-order valence-electron chi connectivity index (χ2n) is 4.31. The molecule has 0 bridgehead atoms. The maximum absolute atomic E-state index is 11.4. The maximum atomic E-state index is 11.4. The van der Waals surface area contributed by atoms with Crippen LogP contribution in [0.1, 0.15) is 19.8 Å². The van der Waals surface area contributed by atoms with Crippen LogP contribution in [0.4, 0.5) is 0 Å². The molecule has 8 nitrogen and oxygen atoms in total. The molecule has 19 heavy (non-hydrogen) atoms. The highest BCUT2D eigenvalue weighted by Gasteiger charge is 2.36. The molecule has 0 spiro atoms. The van der Waals surface area contributed by atoms with Crippen LogP contribution in [-0.2, 0) is 4.79 Å². The van der Waals surface area contributed by atoms with E-state index in [1.54, 1.807) is 0 Å². The SMILES string of the molecule is CCCCNC(=O)[C@H](O)[C@H](O)[C@H](O)[C@@H](O)[C@H](O)CO. The first-order valence-electron chi connectivity index (χ1n) is 6.15. The zero-order chi connectivity index (χ0) is 15.0. The molecule has 0 unspecified atom stereocenters. The molecule has 0 aromatic heterocycles. The Balaban J connectivity index is 4.37. The molecule has 8 heteroatoms. The Bertz CT molecular complexity index is 263. The molecule has 0 saturated heterocycles. The molecule has 0 heterocycles. The highest BCUT2D eigenvalue weighted by atomic mass is 16.4. The molecule has 0 aliphatic heterocycles. The molecule has 0 saturated carbocycles. The van der Waals surface area contributed by atoms with Crippen LogP contribution in [0.25, 0.3) is 0 Å². The largest absolute Gasteiger partial charge is 0.394 e. The first-order chi connectivity index (χ1) is 8.86. The number of carbonyl (C=O) groups is 1. The van der Waals surface area contributed by atoms with Crippen molar-refractivity contribution < 1.29 is 35.4 Å². The third kappa shape index (κ3) is 5.81. The number of unbranched alkanes of at least 4 members (excludes halogenated alkanes) is 1. The summed E-state index contributed by atoms with van der Waals surface area (Å²) in [7, 11) is 0. The summed E-state index contributed by atoms with van der Waals surface area (Å²) in [4.78, 5) is 11.4. The molecular formula is C11H23NO7. The lowest BCUT2D eigenvalue weighted by Gasteiger charge is -2.27. The standard InChI is InChI=1S/C11H23NO7/c1-2-3-4-12-11(19)10(18)9(17)8(16)7(15)6(14)5-13/h6-10,13-18H,2-5H2,1H3,(H,12,19)/t6-,7+,8-,9-,10-/m1/s1. The van der Waals surface area contributed by atoms with Crippen LogP contribution in [-0.4, -0.2) is 80.2 Å². The van der Waals surface area contributed by atoms with Gasteiger partial charge in [0.15, 0.2) is 6.10 Å². The summed E-state index contributed by atoms with van der Waals surface area (Å²) in [5.74, 6) is -0.884. The Morgan fingerprint density at radius 2 is 1.63 bits per heavy atom. The first kappa shape index (κ1) is 18.2. The predicted octanol–water partition coefficient (Wildman–Crippen LogP) is -3.30. The summed E-state index contributed by atoms with van der Waals surface area (Å²) < 4.78 is 0. The lowest BCUT2D eigenvalue weighted by molar-refractivity contribution is -0.156. The molecule has 0 aliphatic carbocycles. The van der Waals surface area contributed by atoms with Gasteiger partial charge in [0.2, 0.25) is 0 Å². The van der Waals surface area contributed by atoms with E-state index >= 15 is 0 Å². The van der Waals surface area contributed by atoms with E-state index in [1.165, 1.54) is 0 Å². The van der Waals surface area contributed by atoms with Crippen molar-refractivity contribution in [3.05, 3.63) is 0 Å². The summed E-state index contributed by atoms with van der Waals surface area (Å²) in [6.07, 6.45) is -7.90. The summed E-state index contributed by atoms with van der Waals surface area (Å²) in [6, 6.07) is 0. The Morgan fingerprint density at radius 1 is 1.05 bits per heavy atom. The fourth-order valence-corrected chi connectivity index (χ4v) is 1.37. The van der Waals surface area contributed by atoms with Crippen LogP contribution < -0.4 is 5.32 Å². The van der Waals surface area contributed by atoms with Gasteiger partial charge in [0.1, 0.15) is 24.4 Å². The molecule has 0 aromatic carbocycles. The number of amides is 1. The van der Waals surface area contributed by atoms with Crippen molar-refractivity contribution in [3.63, 3.8) is 0 Å². The van der Waals surface area contributed by atoms with Crippen LogP contribution in [0.3, 0.4) is 0 Å². The topological polar surface area (TPSA) is 150 Å². The van der Waals surface area contributed by atoms with E-state index < -0.39 is 43.0 Å². The molecule has 0 aromatic rings. The monoisotopic (exact) mass is 281 g/mol. The highest BCUT2D eigenvalue weighted by molar-refractivity contribution is 5.81. The van der Waals surface area contributed by atoms with Gasteiger partial charge in [0.05, 0.1) is 6.61 Å². The zero-order valence-corrected chi connectivity index (χ0v) is 10.8. The fourth-order valence-electron chi connectivity index (χ4n) is 1.37. The fraction of sp³-hybridized carbons (Fsp3) is 0.909. The molecule has 7 N–H and O–H groups in total. The third-order valence-corrected chi connectivity index (χ3v) is 2.70. The smallest absolute Gasteiger partial charge is 0.251 e. The number of nitrogens with one attached hydrogen (secondary N) is 1. The molecule has 114 valence electrons. The molecule has 5 atom stereocenters. The summed E-state index contributed by atoms with van der Waals surface area (Å²) >= 11 is 0. The van der Waals surface area contributed by atoms with Gasteiger partial charge < -0.3 is 36.0 Å². The lowest BCUT2D eigenvalue weighted by Crippen LogP contribution is -2.54. The van der Waals surface area contributed by atoms with Gasteiger partial charge in [-0.1, -0.05) is 13.3 Å². The van der Waals surface area contributed by atoms with E-state index in [9.17, 15) is 25.2 Å². The predicted molar refractivity (Wildman–Crippen MR) is 65.0 cm³/mol. The molecule has 0 radical (unpaired) electrons. The van der Waals surface area contributed by atoms with Crippen molar-refractivity contribution in [3.8, 4) is 0 Å². The Morgan fingerprint density at radius 3 is 2.11 bits per heavy atom. The van der Waals surface area contributed by atoms with Gasteiger partial charge in [-0.15, -0.1) is 0 Å². The molecule has 1 amide bonds. The van der Waals surface area contributed by atoms with Crippen LogP contribution in [0.15, 0.2) is 0 Å². The summed E-state index contributed by atoms with van der Waals surface area (Å²) in [6.45, 7) is 1.40. The molecule has 0 rings (SSSR count). The lowest BCUT2D eigenvalue weighted by atomic mass is 9.99. The van der Waals surface area contributed by atoms with Crippen LogP contribution in [0, 0.1) is 0 Å².